The van der Waals surface area contributed by atoms with Gasteiger partial charge in [-0.25, -0.2) is 4.68 Å². The van der Waals surface area contributed by atoms with Crippen molar-refractivity contribution in [3.8, 4) is 11.3 Å². The number of hydrogen-bond acceptors (Lipinski definition) is 5. The van der Waals surface area contributed by atoms with E-state index in [2.05, 4.69) is 27.4 Å². The Morgan fingerprint density at radius 2 is 1.66 bits per heavy atom. The molecule has 3 aromatic rings. The maximum absolute atomic E-state index is 12.4. The molecule has 0 atom stereocenters. The van der Waals surface area contributed by atoms with Gasteiger partial charge in [-0.2, -0.15) is 5.10 Å². The summed E-state index contributed by atoms with van der Waals surface area (Å²) in [6.45, 7) is 2.96. The number of amides is 1. The topological polar surface area (TPSA) is 87.5 Å². The summed E-state index contributed by atoms with van der Waals surface area (Å²) in [6, 6.07) is 20.8. The van der Waals surface area contributed by atoms with Gasteiger partial charge in [-0.1, -0.05) is 54.6 Å². The van der Waals surface area contributed by atoms with Gasteiger partial charge in [0, 0.05) is 37.8 Å². The fourth-order valence-corrected chi connectivity index (χ4v) is 3.82. The predicted molar refractivity (Wildman–Crippen MR) is 123 cm³/mol. The first-order valence-corrected chi connectivity index (χ1v) is 11.0. The average molecular weight is 433 g/mol. The number of piperidine rings is 1. The van der Waals surface area contributed by atoms with Crippen molar-refractivity contribution >= 4 is 5.91 Å². The van der Waals surface area contributed by atoms with Crippen LogP contribution in [-0.4, -0.2) is 44.9 Å². The molecule has 1 aliphatic rings. The lowest BCUT2D eigenvalue weighted by molar-refractivity contribution is -0.122. The van der Waals surface area contributed by atoms with Crippen LogP contribution in [0.15, 0.2) is 71.5 Å². The third kappa shape index (κ3) is 5.90. The second-order valence-corrected chi connectivity index (χ2v) is 8.18. The van der Waals surface area contributed by atoms with E-state index in [0.29, 0.717) is 12.2 Å². The van der Waals surface area contributed by atoms with Crippen LogP contribution < -0.4 is 10.9 Å². The lowest BCUT2D eigenvalue weighted by Gasteiger charge is -2.29. The van der Waals surface area contributed by atoms with Gasteiger partial charge in [-0.05, 0) is 30.0 Å². The Hall–Kier alpha value is -3.29. The number of rotatable bonds is 7. The van der Waals surface area contributed by atoms with Gasteiger partial charge in [-0.15, -0.1) is 0 Å². The van der Waals surface area contributed by atoms with Crippen LogP contribution in [0.25, 0.3) is 11.3 Å². The molecule has 1 fully saturated rings. The van der Waals surface area contributed by atoms with Crippen LogP contribution in [0.4, 0.5) is 0 Å². The second-order valence-electron chi connectivity index (χ2n) is 8.18. The second kappa shape index (κ2) is 10.3. The Morgan fingerprint density at radius 1 is 0.969 bits per heavy atom. The van der Waals surface area contributed by atoms with E-state index in [1.807, 2.05) is 42.5 Å². The summed E-state index contributed by atoms with van der Waals surface area (Å²) in [5.74, 6) is -0.263. The van der Waals surface area contributed by atoms with Gasteiger partial charge in [0.25, 0.3) is 5.56 Å². The summed E-state index contributed by atoms with van der Waals surface area (Å²) < 4.78 is 1.19. The standard InChI is InChI=1S/C25H28N4O3/c30-22-12-14-28(15-13-22)17-20-8-6-19(7-9-20)16-26-24(31)18-29-25(32)11-10-23(27-29)21-4-2-1-3-5-21/h1-11,22,30H,12-18H2,(H,26,31). The molecule has 2 N–H and O–H groups in total. The zero-order chi connectivity index (χ0) is 22.3. The molecule has 7 nitrogen and oxygen atoms in total. The molecule has 4 rings (SSSR count). The number of aliphatic hydroxyl groups excluding tert-OH is 1. The zero-order valence-corrected chi connectivity index (χ0v) is 18.0. The third-order valence-electron chi connectivity index (χ3n) is 5.71. The number of nitrogens with zero attached hydrogens (tertiary/aromatic N) is 3. The SMILES string of the molecule is O=C(Cn1nc(-c2ccccc2)ccc1=O)NCc1ccc(CN2CCC(O)CC2)cc1. The van der Waals surface area contributed by atoms with Gasteiger partial charge in [0.15, 0.2) is 0 Å². The van der Waals surface area contributed by atoms with Crippen LogP contribution in [-0.2, 0) is 24.4 Å². The summed E-state index contributed by atoms with van der Waals surface area (Å²) >= 11 is 0. The molecule has 1 aromatic heterocycles. The molecule has 1 aliphatic heterocycles. The Kier molecular flexibility index (Phi) is 7.09. The summed E-state index contributed by atoms with van der Waals surface area (Å²) in [4.78, 5) is 26.9. The highest BCUT2D eigenvalue weighted by molar-refractivity contribution is 5.75. The maximum atomic E-state index is 12.4. The number of nitrogens with one attached hydrogen (secondary N) is 1. The van der Waals surface area contributed by atoms with E-state index < -0.39 is 0 Å². The predicted octanol–water partition coefficient (Wildman–Crippen LogP) is 2.18. The Morgan fingerprint density at radius 3 is 2.38 bits per heavy atom. The average Bonchev–Trinajstić information content (AvgIpc) is 2.82. The summed E-state index contributed by atoms with van der Waals surface area (Å²) in [5.41, 5.74) is 3.44. The Balaban J connectivity index is 1.30. The smallest absolute Gasteiger partial charge is 0.267 e. The number of benzene rings is 2. The van der Waals surface area contributed by atoms with E-state index in [0.717, 1.165) is 43.6 Å². The van der Waals surface area contributed by atoms with Gasteiger partial charge in [0.05, 0.1) is 11.8 Å². The van der Waals surface area contributed by atoms with Crippen molar-refractivity contribution in [1.29, 1.82) is 0 Å². The van der Waals surface area contributed by atoms with Gasteiger partial charge in [0.1, 0.15) is 6.54 Å². The van der Waals surface area contributed by atoms with Crippen LogP contribution in [0.2, 0.25) is 0 Å². The largest absolute Gasteiger partial charge is 0.393 e. The quantitative estimate of drug-likeness (QED) is 0.598. The van der Waals surface area contributed by atoms with Crippen LogP contribution in [0, 0.1) is 0 Å². The highest BCUT2D eigenvalue weighted by atomic mass is 16.3. The molecule has 0 aliphatic carbocycles. The van der Waals surface area contributed by atoms with Gasteiger partial charge < -0.3 is 10.4 Å². The molecule has 0 spiro atoms. The lowest BCUT2D eigenvalue weighted by atomic mass is 10.1. The van der Waals surface area contributed by atoms with Crippen LogP contribution in [0.5, 0.6) is 0 Å². The minimum Gasteiger partial charge on any atom is -0.393 e. The van der Waals surface area contributed by atoms with E-state index in [1.54, 1.807) is 6.07 Å². The molecule has 0 bridgehead atoms. The van der Waals surface area contributed by atoms with Gasteiger partial charge >= 0.3 is 0 Å². The normalized spacial score (nSPS) is 14.9. The highest BCUT2D eigenvalue weighted by Gasteiger charge is 2.16. The fourth-order valence-electron chi connectivity index (χ4n) is 3.82. The van der Waals surface area contributed by atoms with Gasteiger partial charge in [0.2, 0.25) is 5.91 Å². The Labute approximate surface area is 187 Å². The molecule has 166 valence electrons. The first-order chi connectivity index (χ1) is 15.6. The van der Waals surface area contributed by atoms with E-state index in [-0.39, 0.29) is 24.1 Å². The van der Waals surface area contributed by atoms with Crippen molar-refractivity contribution in [2.45, 2.75) is 38.6 Å². The summed E-state index contributed by atoms with van der Waals surface area (Å²) in [6.07, 6.45) is 1.50. The van der Waals surface area contributed by atoms with Crippen molar-refractivity contribution < 1.29 is 9.90 Å². The zero-order valence-electron chi connectivity index (χ0n) is 18.0. The summed E-state index contributed by atoms with van der Waals surface area (Å²) in [5, 5.41) is 16.8. The first kappa shape index (κ1) is 21.9. The maximum Gasteiger partial charge on any atom is 0.267 e. The molecule has 0 unspecified atom stereocenters. The number of carbonyl (C=O) groups excluding carboxylic acids is 1. The molecule has 0 saturated carbocycles. The number of hydrogen-bond donors (Lipinski definition) is 2. The van der Waals surface area contributed by atoms with E-state index in [1.165, 1.54) is 16.3 Å². The molecular weight excluding hydrogens is 404 g/mol. The van der Waals surface area contributed by atoms with Gasteiger partial charge in [-0.3, -0.25) is 14.5 Å². The van der Waals surface area contributed by atoms with Crippen molar-refractivity contribution in [3.63, 3.8) is 0 Å². The summed E-state index contributed by atoms with van der Waals surface area (Å²) in [7, 11) is 0. The van der Waals surface area contributed by atoms with E-state index in [4.69, 9.17) is 0 Å². The molecule has 2 heterocycles. The fraction of sp³-hybridized carbons (Fsp3) is 0.320. The molecule has 0 radical (unpaired) electrons. The third-order valence-corrected chi connectivity index (χ3v) is 5.71. The van der Waals surface area contributed by atoms with Crippen molar-refractivity contribution in [2.24, 2.45) is 0 Å². The molecular formula is C25H28N4O3. The minimum absolute atomic E-state index is 0.127. The first-order valence-electron chi connectivity index (χ1n) is 11.0. The van der Waals surface area contributed by atoms with E-state index in [9.17, 15) is 14.7 Å². The van der Waals surface area contributed by atoms with Crippen LogP contribution in [0.3, 0.4) is 0 Å². The molecule has 7 heteroatoms. The van der Waals surface area contributed by atoms with Crippen molar-refractivity contribution in [1.82, 2.24) is 20.0 Å². The molecule has 1 amide bonds. The van der Waals surface area contributed by atoms with Crippen LogP contribution in [0.1, 0.15) is 24.0 Å². The molecule has 2 aromatic carbocycles. The van der Waals surface area contributed by atoms with Crippen molar-refractivity contribution in [3.05, 3.63) is 88.2 Å². The monoisotopic (exact) mass is 432 g/mol. The number of aromatic nitrogens is 2. The number of aliphatic hydroxyl groups is 1. The number of likely N-dealkylation sites (tertiary alicyclic amines) is 1. The minimum atomic E-state index is -0.311. The molecule has 32 heavy (non-hydrogen) atoms. The molecule has 1 saturated heterocycles. The van der Waals surface area contributed by atoms with E-state index >= 15 is 0 Å². The Bertz CT molecular complexity index is 1090. The number of carbonyl (C=O) groups is 1. The van der Waals surface area contributed by atoms with Crippen LogP contribution >= 0.6 is 0 Å². The van der Waals surface area contributed by atoms with Crippen molar-refractivity contribution in [2.75, 3.05) is 13.1 Å². The lowest BCUT2D eigenvalue weighted by Crippen LogP contribution is -2.35. The highest BCUT2D eigenvalue weighted by Crippen LogP contribution is 2.15.